The molecule has 0 spiro atoms. The quantitative estimate of drug-likeness (QED) is 0.453. The summed E-state index contributed by atoms with van der Waals surface area (Å²) in [5.41, 5.74) is 4.45. The summed E-state index contributed by atoms with van der Waals surface area (Å²) in [6, 6.07) is 11.7. The van der Waals surface area contributed by atoms with E-state index in [-0.39, 0.29) is 12.2 Å². The molecule has 6 heteroatoms. The Kier molecular flexibility index (Phi) is 5.14. The Morgan fingerprint density at radius 2 is 2.03 bits per heavy atom. The van der Waals surface area contributed by atoms with E-state index in [1.54, 1.807) is 18.5 Å². The third-order valence-corrected chi connectivity index (χ3v) is 5.66. The number of carbonyl (C=O) groups is 1. The molecule has 0 unspecified atom stereocenters. The fraction of sp³-hybridized carbons (Fsp3) is 0.200. The Balaban J connectivity index is 1.38. The maximum absolute atomic E-state index is 13.0. The average Bonchev–Trinajstić information content (AvgIpc) is 3.34. The van der Waals surface area contributed by atoms with E-state index in [1.165, 1.54) is 12.0 Å². The molecular weight excluding hydrogens is 388 g/mol. The van der Waals surface area contributed by atoms with E-state index in [0.29, 0.717) is 11.3 Å². The number of fused-ring (bicyclic) bond motifs is 1. The van der Waals surface area contributed by atoms with Crippen LogP contribution in [0.2, 0.25) is 0 Å². The minimum absolute atomic E-state index is 0.0374. The van der Waals surface area contributed by atoms with Gasteiger partial charge in [-0.05, 0) is 48.7 Å². The summed E-state index contributed by atoms with van der Waals surface area (Å²) < 4.78 is 5.39. The summed E-state index contributed by atoms with van der Waals surface area (Å²) in [5.74, 6) is 0.749. The summed E-state index contributed by atoms with van der Waals surface area (Å²) in [6.07, 6.45) is 10.0. The highest BCUT2D eigenvalue weighted by molar-refractivity contribution is 5.98. The van der Waals surface area contributed by atoms with Crippen LogP contribution < -0.4 is 0 Å². The number of ketones is 1. The maximum Gasteiger partial charge on any atom is 0.181 e. The molecule has 0 fully saturated rings. The number of likely N-dealkylation sites (N-methyl/N-ethyl adjacent to an activating group) is 1. The molecule has 1 aromatic carbocycles. The van der Waals surface area contributed by atoms with Gasteiger partial charge in [0.15, 0.2) is 17.9 Å². The number of oxazole rings is 1. The van der Waals surface area contributed by atoms with E-state index in [4.69, 9.17) is 4.42 Å². The first-order chi connectivity index (χ1) is 15.2. The van der Waals surface area contributed by atoms with Crippen LogP contribution in [-0.2, 0) is 6.42 Å². The molecule has 0 aliphatic carbocycles. The fourth-order valence-electron chi connectivity index (χ4n) is 3.84. The van der Waals surface area contributed by atoms with Crippen molar-refractivity contribution in [1.82, 2.24) is 19.9 Å². The van der Waals surface area contributed by atoms with Crippen molar-refractivity contribution in [3.8, 4) is 11.3 Å². The third-order valence-electron chi connectivity index (χ3n) is 5.66. The van der Waals surface area contributed by atoms with Crippen LogP contribution >= 0.6 is 0 Å². The van der Waals surface area contributed by atoms with E-state index < -0.39 is 0 Å². The van der Waals surface area contributed by atoms with Gasteiger partial charge in [-0.2, -0.15) is 0 Å². The number of rotatable bonds is 5. The largest absolute Gasteiger partial charge is 0.444 e. The van der Waals surface area contributed by atoms with Crippen molar-refractivity contribution in [3.05, 3.63) is 84.4 Å². The Labute approximate surface area is 180 Å². The lowest BCUT2D eigenvalue weighted by Crippen LogP contribution is -2.23. The van der Waals surface area contributed by atoms with Gasteiger partial charge in [0.2, 0.25) is 0 Å². The number of hydrogen-bond acceptors (Lipinski definition) is 6. The lowest BCUT2D eigenvalue weighted by atomic mass is 10.00. The minimum atomic E-state index is 0.0374. The molecule has 0 bridgehead atoms. The van der Waals surface area contributed by atoms with Crippen LogP contribution in [0.4, 0.5) is 0 Å². The Hall–Kier alpha value is -3.64. The molecule has 0 N–H and O–H groups in total. The zero-order chi connectivity index (χ0) is 21.2. The zero-order valence-corrected chi connectivity index (χ0v) is 17.3. The van der Waals surface area contributed by atoms with Gasteiger partial charge in [0.05, 0.1) is 18.3 Å². The van der Waals surface area contributed by atoms with Crippen molar-refractivity contribution < 1.29 is 9.21 Å². The first-order valence-corrected chi connectivity index (χ1v) is 10.3. The second kappa shape index (κ2) is 8.24. The van der Waals surface area contributed by atoms with Gasteiger partial charge in [-0.1, -0.05) is 18.2 Å². The maximum atomic E-state index is 13.0. The van der Waals surface area contributed by atoms with Crippen molar-refractivity contribution in [3.63, 3.8) is 0 Å². The number of nitrogens with zero attached hydrogens (tertiary/aromatic N) is 4. The van der Waals surface area contributed by atoms with Crippen molar-refractivity contribution in [2.75, 3.05) is 20.1 Å². The number of benzene rings is 1. The number of aromatic nitrogens is 3. The van der Waals surface area contributed by atoms with Crippen LogP contribution in [0, 0.1) is 0 Å². The van der Waals surface area contributed by atoms with Crippen LogP contribution in [0.25, 0.3) is 27.7 Å². The highest BCUT2D eigenvalue weighted by Gasteiger charge is 2.14. The van der Waals surface area contributed by atoms with Crippen LogP contribution in [0.3, 0.4) is 0 Å². The molecule has 31 heavy (non-hydrogen) atoms. The second-order valence-electron chi connectivity index (χ2n) is 7.87. The van der Waals surface area contributed by atoms with E-state index in [2.05, 4.69) is 33.0 Å². The minimum Gasteiger partial charge on any atom is -0.444 e. The average molecular weight is 410 g/mol. The number of hydrogen-bond donors (Lipinski definition) is 0. The lowest BCUT2D eigenvalue weighted by Gasteiger charge is -2.21. The first kappa shape index (κ1) is 19.3. The van der Waals surface area contributed by atoms with Crippen molar-refractivity contribution in [2.24, 2.45) is 0 Å². The summed E-state index contributed by atoms with van der Waals surface area (Å²) >= 11 is 0. The topological polar surface area (TPSA) is 72.1 Å². The van der Waals surface area contributed by atoms with Crippen molar-refractivity contribution >= 4 is 22.1 Å². The van der Waals surface area contributed by atoms with Gasteiger partial charge >= 0.3 is 0 Å². The van der Waals surface area contributed by atoms with Gasteiger partial charge in [-0.15, -0.1) is 0 Å². The van der Waals surface area contributed by atoms with Gasteiger partial charge in [0.25, 0.3) is 0 Å². The normalized spacial score (nSPS) is 14.5. The molecule has 0 radical (unpaired) electrons. The first-order valence-electron chi connectivity index (χ1n) is 10.3. The Morgan fingerprint density at radius 3 is 2.84 bits per heavy atom. The highest BCUT2D eigenvalue weighted by atomic mass is 16.3. The van der Waals surface area contributed by atoms with Crippen LogP contribution in [0.15, 0.2) is 71.9 Å². The molecule has 154 valence electrons. The molecule has 5 rings (SSSR count). The van der Waals surface area contributed by atoms with Gasteiger partial charge < -0.3 is 9.32 Å². The molecule has 0 atom stereocenters. The predicted octanol–water partition coefficient (Wildman–Crippen LogP) is 4.43. The number of Topliss-reactive ketones (excluding diaryl/α,β-unsaturated/α-hetero) is 1. The monoisotopic (exact) mass is 410 g/mol. The molecular formula is C25H22N4O2. The molecule has 0 amide bonds. The third kappa shape index (κ3) is 4.15. The van der Waals surface area contributed by atoms with E-state index in [9.17, 15) is 4.79 Å². The van der Waals surface area contributed by atoms with Gasteiger partial charge in [0.1, 0.15) is 0 Å². The molecule has 3 aromatic heterocycles. The smallest absolute Gasteiger partial charge is 0.181 e. The van der Waals surface area contributed by atoms with Crippen LogP contribution in [0.1, 0.15) is 28.2 Å². The molecule has 1 aliphatic heterocycles. The molecule has 1 aliphatic rings. The fourth-order valence-corrected chi connectivity index (χ4v) is 3.84. The molecule has 4 aromatic rings. The number of carbonyl (C=O) groups excluding carboxylic acids is 1. The van der Waals surface area contributed by atoms with E-state index in [1.807, 2.05) is 36.5 Å². The van der Waals surface area contributed by atoms with Gasteiger partial charge in [0, 0.05) is 47.7 Å². The summed E-state index contributed by atoms with van der Waals surface area (Å²) in [7, 11) is 2.10. The lowest BCUT2D eigenvalue weighted by molar-refractivity contribution is 0.0992. The zero-order valence-electron chi connectivity index (χ0n) is 17.3. The highest BCUT2D eigenvalue weighted by Crippen LogP contribution is 2.25. The van der Waals surface area contributed by atoms with Gasteiger partial charge in [-0.25, -0.2) is 4.98 Å². The predicted molar refractivity (Wildman–Crippen MR) is 120 cm³/mol. The summed E-state index contributed by atoms with van der Waals surface area (Å²) in [6.45, 7) is 1.91. The summed E-state index contributed by atoms with van der Waals surface area (Å²) in [4.78, 5) is 28.2. The van der Waals surface area contributed by atoms with E-state index >= 15 is 0 Å². The van der Waals surface area contributed by atoms with Crippen molar-refractivity contribution in [1.29, 1.82) is 0 Å². The second-order valence-corrected chi connectivity index (χ2v) is 7.87. The van der Waals surface area contributed by atoms with Crippen LogP contribution in [-0.4, -0.2) is 45.8 Å². The van der Waals surface area contributed by atoms with E-state index in [0.717, 1.165) is 47.2 Å². The van der Waals surface area contributed by atoms with Gasteiger partial charge in [-0.3, -0.25) is 14.8 Å². The van der Waals surface area contributed by atoms with Crippen LogP contribution in [0.5, 0.6) is 0 Å². The summed E-state index contributed by atoms with van der Waals surface area (Å²) in [5, 5.41) is 2.03. The standard InChI is InChI=1S/C25H22N4O2/c1-29-8-5-17(6-9-29)23-12-18(4-7-27-23)24(30)13-22-11-21-10-19(25-15-26-16-31-25)2-3-20(21)14-28-22/h2-5,7,10-12,14-16H,6,8-9,13H2,1H3. The molecule has 6 nitrogen and oxygen atoms in total. The number of pyridine rings is 2. The Morgan fingerprint density at radius 1 is 1.10 bits per heavy atom. The Bertz CT molecular complexity index is 1280. The molecule has 0 saturated heterocycles. The molecule has 4 heterocycles. The van der Waals surface area contributed by atoms with Crippen molar-refractivity contribution in [2.45, 2.75) is 12.8 Å². The SMILES string of the molecule is CN1CC=C(c2cc(C(=O)Cc3cc4cc(-c5cnco5)ccc4cn3)ccn2)CC1. The molecule has 0 saturated carbocycles.